The standard InChI is InChI=1S/C14H30N2O/c1-4-14(17,5-2)12-15-11-13(3)16-9-7-6-8-10-16/h13,15,17H,4-12H2,1-3H3. The van der Waals surface area contributed by atoms with E-state index in [0.29, 0.717) is 6.04 Å². The predicted molar refractivity (Wildman–Crippen MR) is 73.3 cm³/mol. The van der Waals surface area contributed by atoms with Crippen molar-refractivity contribution in [3.05, 3.63) is 0 Å². The summed E-state index contributed by atoms with van der Waals surface area (Å²) in [7, 11) is 0. The zero-order valence-corrected chi connectivity index (χ0v) is 11.8. The molecule has 1 aliphatic heterocycles. The van der Waals surface area contributed by atoms with Crippen molar-refractivity contribution in [2.24, 2.45) is 0 Å². The van der Waals surface area contributed by atoms with Gasteiger partial charge in [-0.25, -0.2) is 0 Å². The van der Waals surface area contributed by atoms with Crippen molar-refractivity contribution < 1.29 is 5.11 Å². The Kier molecular flexibility index (Phi) is 6.45. The summed E-state index contributed by atoms with van der Waals surface area (Å²) in [4.78, 5) is 2.56. The van der Waals surface area contributed by atoms with Crippen molar-refractivity contribution in [3.63, 3.8) is 0 Å². The molecule has 2 N–H and O–H groups in total. The third-order valence-corrected chi connectivity index (χ3v) is 4.22. The van der Waals surface area contributed by atoms with E-state index in [-0.39, 0.29) is 0 Å². The highest BCUT2D eigenvalue weighted by Gasteiger charge is 2.22. The van der Waals surface area contributed by atoms with Crippen LogP contribution in [0, 0.1) is 0 Å². The largest absolute Gasteiger partial charge is 0.389 e. The predicted octanol–water partition coefficient (Wildman–Crippen LogP) is 2.00. The number of nitrogens with one attached hydrogen (secondary N) is 1. The van der Waals surface area contributed by atoms with Crippen LogP contribution in [0.15, 0.2) is 0 Å². The van der Waals surface area contributed by atoms with E-state index >= 15 is 0 Å². The second kappa shape index (κ2) is 7.34. The van der Waals surface area contributed by atoms with Crippen LogP contribution >= 0.6 is 0 Å². The zero-order chi connectivity index (χ0) is 12.7. The van der Waals surface area contributed by atoms with E-state index in [1.807, 2.05) is 0 Å². The van der Waals surface area contributed by atoms with Gasteiger partial charge in [-0.2, -0.15) is 0 Å². The SMILES string of the molecule is CCC(O)(CC)CNCC(C)N1CCCCC1. The van der Waals surface area contributed by atoms with E-state index in [0.717, 1.165) is 25.9 Å². The molecule has 3 nitrogen and oxygen atoms in total. The summed E-state index contributed by atoms with van der Waals surface area (Å²) in [6, 6.07) is 0.591. The molecular weight excluding hydrogens is 212 g/mol. The molecule has 0 spiro atoms. The minimum atomic E-state index is -0.512. The first-order chi connectivity index (χ1) is 8.11. The molecule has 3 heteroatoms. The Morgan fingerprint density at radius 2 is 1.76 bits per heavy atom. The maximum Gasteiger partial charge on any atom is 0.0766 e. The Morgan fingerprint density at radius 1 is 1.18 bits per heavy atom. The maximum atomic E-state index is 10.2. The van der Waals surface area contributed by atoms with Gasteiger partial charge in [0.05, 0.1) is 5.60 Å². The third kappa shape index (κ3) is 4.94. The summed E-state index contributed by atoms with van der Waals surface area (Å²) in [5, 5.41) is 13.6. The van der Waals surface area contributed by atoms with E-state index in [2.05, 4.69) is 31.0 Å². The molecular formula is C14H30N2O. The van der Waals surface area contributed by atoms with Gasteiger partial charge in [0.1, 0.15) is 0 Å². The number of nitrogens with zero attached hydrogens (tertiary/aromatic N) is 1. The zero-order valence-electron chi connectivity index (χ0n) is 11.8. The van der Waals surface area contributed by atoms with Gasteiger partial charge in [-0.05, 0) is 45.7 Å². The molecule has 0 aromatic heterocycles. The Morgan fingerprint density at radius 3 is 2.29 bits per heavy atom. The van der Waals surface area contributed by atoms with E-state index in [1.54, 1.807) is 0 Å². The van der Waals surface area contributed by atoms with Crippen LogP contribution in [0.1, 0.15) is 52.9 Å². The molecule has 1 fully saturated rings. The highest BCUT2D eigenvalue weighted by molar-refractivity contribution is 4.80. The second-order valence-corrected chi connectivity index (χ2v) is 5.51. The molecule has 102 valence electrons. The lowest BCUT2D eigenvalue weighted by Crippen LogP contribution is -2.47. The van der Waals surface area contributed by atoms with Gasteiger partial charge in [0.2, 0.25) is 0 Å². The van der Waals surface area contributed by atoms with Gasteiger partial charge in [0.25, 0.3) is 0 Å². The average molecular weight is 242 g/mol. The van der Waals surface area contributed by atoms with Crippen molar-refractivity contribution in [1.82, 2.24) is 10.2 Å². The minimum Gasteiger partial charge on any atom is -0.389 e. The number of aliphatic hydroxyl groups is 1. The fourth-order valence-corrected chi connectivity index (χ4v) is 2.50. The minimum absolute atomic E-state index is 0.512. The molecule has 1 atom stereocenters. The summed E-state index contributed by atoms with van der Waals surface area (Å²) in [5.74, 6) is 0. The smallest absolute Gasteiger partial charge is 0.0766 e. The van der Waals surface area contributed by atoms with Gasteiger partial charge >= 0.3 is 0 Å². The van der Waals surface area contributed by atoms with Crippen LogP contribution in [0.4, 0.5) is 0 Å². The lowest BCUT2D eigenvalue weighted by Gasteiger charge is -2.33. The highest BCUT2D eigenvalue weighted by atomic mass is 16.3. The number of hydrogen-bond donors (Lipinski definition) is 2. The molecule has 0 aromatic rings. The van der Waals surface area contributed by atoms with Gasteiger partial charge in [-0.1, -0.05) is 20.3 Å². The van der Waals surface area contributed by atoms with Crippen LogP contribution in [0.3, 0.4) is 0 Å². The summed E-state index contributed by atoms with van der Waals surface area (Å²) in [6.07, 6.45) is 5.74. The van der Waals surface area contributed by atoms with Crippen molar-refractivity contribution >= 4 is 0 Å². The summed E-state index contributed by atoms with van der Waals surface area (Å²) in [5.41, 5.74) is -0.512. The van der Waals surface area contributed by atoms with Crippen LogP contribution in [-0.2, 0) is 0 Å². The van der Waals surface area contributed by atoms with Gasteiger partial charge in [-0.15, -0.1) is 0 Å². The van der Waals surface area contributed by atoms with E-state index in [1.165, 1.54) is 32.4 Å². The van der Waals surface area contributed by atoms with Gasteiger partial charge < -0.3 is 10.4 Å². The van der Waals surface area contributed by atoms with Crippen molar-refractivity contribution in [3.8, 4) is 0 Å². The van der Waals surface area contributed by atoms with Crippen LogP contribution < -0.4 is 5.32 Å². The summed E-state index contributed by atoms with van der Waals surface area (Å²) < 4.78 is 0. The first-order valence-corrected chi connectivity index (χ1v) is 7.28. The van der Waals surface area contributed by atoms with E-state index in [9.17, 15) is 5.11 Å². The van der Waals surface area contributed by atoms with Crippen molar-refractivity contribution in [1.29, 1.82) is 0 Å². The second-order valence-electron chi connectivity index (χ2n) is 5.51. The van der Waals surface area contributed by atoms with Crippen LogP contribution in [-0.4, -0.2) is 47.8 Å². The van der Waals surface area contributed by atoms with E-state index in [4.69, 9.17) is 0 Å². The van der Waals surface area contributed by atoms with Gasteiger partial charge in [0.15, 0.2) is 0 Å². The lowest BCUT2D eigenvalue weighted by atomic mass is 9.97. The van der Waals surface area contributed by atoms with Gasteiger partial charge in [0, 0.05) is 19.1 Å². The number of piperidine rings is 1. The van der Waals surface area contributed by atoms with Crippen LogP contribution in [0.25, 0.3) is 0 Å². The first kappa shape index (κ1) is 14.9. The molecule has 0 saturated carbocycles. The highest BCUT2D eigenvalue weighted by Crippen LogP contribution is 2.14. The maximum absolute atomic E-state index is 10.2. The Hall–Kier alpha value is -0.120. The Balaban J connectivity index is 2.20. The monoisotopic (exact) mass is 242 g/mol. The average Bonchev–Trinajstić information content (AvgIpc) is 2.39. The summed E-state index contributed by atoms with van der Waals surface area (Å²) in [6.45, 7) is 10.6. The number of likely N-dealkylation sites (tertiary alicyclic amines) is 1. The molecule has 1 rings (SSSR count). The summed E-state index contributed by atoms with van der Waals surface area (Å²) >= 11 is 0. The fourth-order valence-electron chi connectivity index (χ4n) is 2.50. The molecule has 1 unspecified atom stereocenters. The molecule has 1 aliphatic rings. The molecule has 1 saturated heterocycles. The molecule has 1 heterocycles. The van der Waals surface area contributed by atoms with Crippen LogP contribution in [0.2, 0.25) is 0 Å². The third-order valence-electron chi connectivity index (χ3n) is 4.22. The molecule has 17 heavy (non-hydrogen) atoms. The topological polar surface area (TPSA) is 35.5 Å². The molecule has 0 aliphatic carbocycles. The van der Waals surface area contributed by atoms with Gasteiger partial charge in [-0.3, -0.25) is 4.90 Å². The molecule has 0 aromatic carbocycles. The Bertz CT molecular complexity index is 198. The number of hydrogen-bond acceptors (Lipinski definition) is 3. The lowest BCUT2D eigenvalue weighted by molar-refractivity contribution is 0.0306. The van der Waals surface area contributed by atoms with Crippen molar-refractivity contribution in [2.75, 3.05) is 26.2 Å². The fraction of sp³-hybridized carbons (Fsp3) is 1.00. The number of rotatable bonds is 7. The van der Waals surface area contributed by atoms with E-state index < -0.39 is 5.60 Å². The quantitative estimate of drug-likeness (QED) is 0.717. The first-order valence-electron chi connectivity index (χ1n) is 7.28. The normalized spacial score (nSPS) is 20.5. The van der Waals surface area contributed by atoms with Crippen LogP contribution in [0.5, 0.6) is 0 Å². The Labute approximate surface area is 107 Å². The molecule has 0 bridgehead atoms. The molecule has 0 radical (unpaired) electrons. The van der Waals surface area contributed by atoms with Crippen molar-refractivity contribution in [2.45, 2.75) is 64.5 Å². The molecule has 0 amide bonds.